The highest BCUT2D eigenvalue weighted by Crippen LogP contribution is 2.39. The second-order valence-corrected chi connectivity index (χ2v) is 9.23. The molecule has 2 unspecified atom stereocenters. The van der Waals surface area contributed by atoms with Crippen LogP contribution >= 0.6 is 22.6 Å². The van der Waals surface area contributed by atoms with E-state index in [1.807, 2.05) is 16.8 Å². The fraction of sp³-hybridized carbons (Fsp3) is 0.250. The van der Waals surface area contributed by atoms with Crippen LogP contribution in [0.2, 0.25) is 0 Å². The number of nitrogens with two attached hydrogens (primary N) is 1. The van der Waals surface area contributed by atoms with Crippen molar-refractivity contribution in [2.75, 3.05) is 10.6 Å². The summed E-state index contributed by atoms with van der Waals surface area (Å²) in [6.07, 6.45) is 3.34. The predicted octanol–water partition coefficient (Wildman–Crippen LogP) is 4.00. The Balaban J connectivity index is 1.67. The van der Waals surface area contributed by atoms with Gasteiger partial charge in [0.25, 0.3) is 0 Å². The lowest BCUT2D eigenvalue weighted by atomic mass is 9.85. The highest BCUT2D eigenvalue weighted by atomic mass is 127. The second kappa shape index (κ2) is 8.16. The molecule has 3 heterocycles. The molecule has 32 heavy (non-hydrogen) atoms. The fourth-order valence-electron chi connectivity index (χ4n) is 4.86. The smallest absolute Gasteiger partial charge is 0.164 e. The Bertz CT molecular complexity index is 1330. The van der Waals surface area contributed by atoms with Crippen LogP contribution in [-0.2, 0) is 17.8 Å². The minimum Gasteiger partial charge on any atom is -0.383 e. The largest absolute Gasteiger partial charge is 0.383 e. The number of aryl methyl sites for hydroxylation is 2. The first-order chi connectivity index (χ1) is 15.5. The number of hydrogen-bond acceptors (Lipinski definition) is 6. The standard InChI is InChI=1S/C24H23IN6O/c1-14-6-3-4-9-18(14)31-17(10-16-8-5-7-15(2)20(16)19(31)12-32)11-30-24-21(22(25)29-30)23(26)27-13-28-24/h3-9,12-13,17,19H,10-11H2,1-2H3,(H2,26,27,28). The summed E-state index contributed by atoms with van der Waals surface area (Å²) < 4.78 is 2.67. The number of anilines is 2. The molecule has 2 N–H and O–H groups in total. The minimum absolute atomic E-state index is 0.00990. The molecule has 1 aliphatic rings. The van der Waals surface area contributed by atoms with E-state index >= 15 is 0 Å². The summed E-state index contributed by atoms with van der Waals surface area (Å²) in [5, 5.41) is 5.50. The molecule has 0 fully saturated rings. The molecule has 0 spiro atoms. The van der Waals surface area contributed by atoms with Crippen LogP contribution in [0.5, 0.6) is 0 Å². The minimum atomic E-state index is -0.369. The third-order valence-corrected chi connectivity index (χ3v) is 7.04. The molecule has 5 rings (SSSR count). The van der Waals surface area contributed by atoms with Gasteiger partial charge in [-0.25, -0.2) is 14.6 Å². The van der Waals surface area contributed by atoms with Crippen molar-refractivity contribution in [2.45, 2.75) is 38.9 Å². The number of aromatic nitrogens is 4. The van der Waals surface area contributed by atoms with Gasteiger partial charge in [0, 0.05) is 5.69 Å². The summed E-state index contributed by atoms with van der Waals surface area (Å²) in [7, 11) is 0. The van der Waals surface area contributed by atoms with Gasteiger partial charge in [0.1, 0.15) is 28.2 Å². The molecule has 0 saturated carbocycles. The quantitative estimate of drug-likeness (QED) is 0.312. The molecule has 0 radical (unpaired) electrons. The summed E-state index contributed by atoms with van der Waals surface area (Å²) >= 11 is 2.18. The number of nitrogens with zero attached hydrogens (tertiary/aromatic N) is 5. The van der Waals surface area contributed by atoms with Gasteiger partial charge in [0.15, 0.2) is 5.65 Å². The first-order valence-corrected chi connectivity index (χ1v) is 11.6. The number of rotatable bonds is 4. The summed E-state index contributed by atoms with van der Waals surface area (Å²) in [6, 6.07) is 14.1. The molecule has 7 nitrogen and oxygen atoms in total. The van der Waals surface area contributed by atoms with Crippen LogP contribution in [-0.4, -0.2) is 32.1 Å². The van der Waals surface area contributed by atoms with Gasteiger partial charge < -0.3 is 15.4 Å². The first-order valence-electron chi connectivity index (χ1n) is 10.5. The summed E-state index contributed by atoms with van der Waals surface area (Å²) in [5.74, 6) is 0.428. The Morgan fingerprint density at radius 2 is 1.91 bits per heavy atom. The molecular weight excluding hydrogens is 515 g/mol. The van der Waals surface area contributed by atoms with E-state index in [0.29, 0.717) is 18.0 Å². The van der Waals surface area contributed by atoms with Crippen molar-refractivity contribution in [3.05, 3.63) is 74.7 Å². The maximum absolute atomic E-state index is 12.5. The molecule has 162 valence electrons. The van der Waals surface area contributed by atoms with E-state index in [2.05, 4.69) is 81.6 Å². The normalized spacial score (nSPS) is 18.0. The van der Waals surface area contributed by atoms with Crippen molar-refractivity contribution in [3.8, 4) is 0 Å². The predicted molar refractivity (Wildman–Crippen MR) is 134 cm³/mol. The van der Waals surface area contributed by atoms with Gasteiger partial charge in [-0.05, 0) is 71.2 Å². The van der Waals surface area contributed by atoms with Crippen molar-refractivity contribution in [1.82, 2.24) is 19.7 Å². The molecule has 4 aromatic rings. The molecule has 8 heteroatoms. The average molecular weight is 538 g/mol. The number of carbonyl (C=O) groups excluding carboxylic acids is 1. The van der Waals surface area contributed by atoms with Crippen molar-refractivity contribution >= 4 is 51.4 Å². The maximum Gasteiger partial charge on any atom is 0.164 e. The summed E-state index contributed by atoms with van der Waals surface area (Å²) in [6.45, 7) is 4.73. The van der Waals surface area contributed by atoms with Gasteiger partial charge in [-0.15, -0.1) is 0 Å². The number of hydrogen-bond donors (Lipinski definition) is 1. The van der Waals surface area contributed by atoms with E-state index in [1.165, 1.54) is 11.9 Å². The van der Waals surface area contributed by atoms with Crippen LogP contribution in [0.25, 0.3) is 11.0 Å². The van der Waals surface area contributed by atoms with Crippen LogP contribution in [0.15, 0.2) is 48.8 Å². The van der Waals surface area contributed by atoms with Gasteiger partial charge in [-0.3, -0.25) is 0 Å². The van der Waals surface area contributed by atoms with E-state index in [1.54, 1.807) is 0 Å². The number of nitrogen functional groups attached to an aromatic ring is 1. The van der Waals surface area contributed by atoms with E-state index in [-0.39, 0.29) is 12.1 Å². The van der Waals surface area contributed by atoms with E-state index in [4.69, 9.17) is 10.8 Å². The average Bonchev–Trinajstić information content (AvgIpc) is 3.10. The molecule has 0 bridgehead atoms. The fourth-order valence-corrected chi connectivity index (χ4v) is 5.64. The number of benzene rings is 2. The monoisotopic (exact) mass is 538 g/mol. The molecule has 2 aromatic heterocycles. The molecule has 1 aliphatic heterocycles. The van der Waals surface area contributed by atoms with Gasteiger partial charge in [0.05, 0.1) is 18.0 Å². The number of halogens is 1. The number of aldehydes is 1. The number of carbonyl (C=O) groups is 1. The number of fused-ring (bicyclic) bond motifs is 2. The Morgan fingerprint density at radius 3 is 2.69 bits per heavy atom. The molecular formula is C24H23IN6O. The van der Waals surface area contributed by atoms with Crippen molar-refractivity contribution in [2.24, 2.45) is 0 Å². The highest BCUT2D eigenvalue weighted by Gasteiger charge is 2.36. The van der Waals surface area contributed by atoms with Crippen LogP contribution < -0.4 is 10.6 Å². The zero-order chi connectivity index (χ0) is 22.4. The van der Waals surface area contributed by atoms with E-state index in [9.17, 15) is 4.79 Å². The van der Waals surface area contributed by atoms with Gasteiger partial charge in [-0.1, -0.05) is 36.4 Å². The van der Waals surface area contributed by atoms with Gasteiger partial charge in [-0.2, -0.15) is 5.10 Å². The van der Waals surface area contributed by atoms with Crippen LogP contribution in [0, 0.1) is 17.5 Å². The van der Waals surface area contributed by atoms with Crippen LogP contribution in [0.4, 0.5) is 11.5 Å². The summed E-state index contributed by atoms with van der Waals surface area (Å²) in [4.78, 5) is 23.4. The lowest BCUT2D eigenvalue weighted by molar-refractivity contribution is -0.109. The molecule has 2 atom stereocenters. The van der Waals surface area contributed by atoms with Crippen molar-refractivity contribution in [1.29, 1.82) is 0 Å². The van der Waals surface area contributed by atoms with E-state index in [0.717, 1.165) is 44.2 Å². The SMILES string of the molecule is Cc1ccccc1N1C(Cn2nc(I)c3c(N)ncnc32)Cc2cccc(C)c2C1C=O. The lowest BCUT2D eigenvalue weighted by Crippen LogP contribution is -2.47. The summed E-state index contributed by atoms with van der Waals surface area (Å²) in [5.41, 5.74) is 12.4. The zero-order valence-corrected chi connectivity index (χ0v) is 20.0. The molecule has 0 amide bonds. The Labute approximate surface area is 199 Å². The molecule has 2 aromatic carbocycles. The van der Waals surface area contributed by atoms with Gasteiger partial charge >= 0.3 is 0 Å². The second-order valence-electron chi connectivity index (χ2n) is 8.21. The Morgan fingerprint density at radius 1 is 1.12 bits per heavy atom. The third kappa shape index (κ3) is 3.33. The molecule has 0 saturated heterocycles. The van der Waals surface area contributed by atoms with Crippen molar-refractivity contribution in [3.63, 3.8) is 0 Å². The molecule has 0 aliphatic carbocycles. The topological polar surface area (TPSA) is 89.9 Å². The lowest BCUT2D eigenvalue weighted by Gasteiger charge is -2.44. The van der Waals surface area contributed by atoms with E-state index < -0.39 is 0 Å². The maximum atomic E-state index is 12.5. The highest BCUT2D eigenvalue weighted by molar-refractivity contribution is 14.1. The third-order valence-electron chi connectivity index (χ3n) is 6.28. The zero-order valence-electron chi connectivity index (χ0n) is 17.9. The van der Waals surface area contributed by atoms with Gasteiger partial charge in [0.2, 0.25) is 0 Å². The first kappa shape index (κ1) is 20.9. The Hall–Kier alpha value is -3.01. The van der Waals surface area contributed by atoms with Crippen molar-refractivity contribution < 1.29 is 4.79 Å². The van der Waals surface area contributed by atoms with Crippen LogP contribution in [0.1, 0.15) is 28.3 Å². The Kier molecular flexibility index (Phi) is 5.32. The van der Waals surface area contributed by atoms with Crippen LogP contribution in [0.3, 0.4) is 0 Å². The number of para-hydroxylation sites is 1.